The van der Waals surface area contributed by atoms with Crippen LogP contribution in [-0.2, 0) is 17.6 Å². The van der Waals surface area contributed by atoms with Gasteiger partial charge in [0.2, 0.25) is 0 Å². The lowest BCUT2D eigenvalue weighted by atomic mass is 9.96. The van der Waals surface area contributed by atoms with Gasteiger partial charge >= 0.3 is 0 Å². The van der Waals surface area contributed by atoms with E-state index in [0.29, 0.717) is 5.75 Å². The van der Waals surface area contributed by atoms with Gasteiger partial charge in [-0.1, -0.05) is 0 Å². The second kappa shape index (κ2) is 8.34. The second-order valence-corrected chi connectivity index (χ2v) is 8.09. The average Bonchev–Trinajstić information content (AvgIpc) is 3.16. The molecule has 1 aromatic carbocycles. The van der Waals surface area contributed by atoms with Gasteiger partial charge in [-0.05, 0) is 62.4 Å². The molecule has 3 aromatic rings. The van der Waals surface area contributed by atoms with Crippen molar-refractivity contribution in [3.8, 4) is 5.75 Å². The van der Waals surface area contributed by atoms with Crippen molar-refractivity contribution in [1.82, 2.24) is 15.5 Å². The van der Waals surface area contributed by atoms with E-state index < -0.39 is 0 Å². The highest BCUT2D eigenvalue weighted by molar-refractivity contribution is 5.84. The molecule has 0 radical (unpaired) electrons. The molecule has 156 valence electrons. The molecule has 7 nitrogen and oxygen atoms in total. The highest BCUT2D eigenvalue weighted by Gasteiger charge is 2.23. The second-order valence-electron chi connectivity index (χ2n) is 8.09. The van der Waals surface area contributed by atoms with E-state index in [9.17, 15) is 4.79 Å². The zero-order chi connectivity index (χ0) is 20.3. The maximum absolute atomic E-state index is 12.5. The number of rotatable bonds is 5. The zero-order valence-corrected chi connectivity index (χ0v) is 17.0. The first-order chi connectivity index (χ1) is 14.8. The van der Waals surface area contributed by atoms with Gasteiger partial charge in [-0.25, -0.2) is 0 Å². The van der Waals surface area contributed by atoms with Crippen LogP contribution in [0.2, 0.25) is 0 Å². The van der Waals surface area contributed by atoms with Crippen LogP contribution < -0.4 is 15.0 Å². The molecule has 7 heteroatoms. The normalized spacial score (nSPS) is 18.8. The van der Waals surface area contributed by atoms with Crippen LogP contribution in [0.1, 0.15) is 37.0 Å². The number of carbonyl (C=O) groups is 1. The monoisotopic (exact) mass is 406 g/mol. The molecular formula is C23H26N4O3. The number of nitrogens with zero attached hydrogens (tertiary/aromatic N) is 3. The Morgan fingerprint density at radius 3 is 3.07 bits per heavy atom. The number of benzene rings is 1. The van der Waals surface area contributed by atoms with Crippen molar-refractivity contribution in [2.45, 2.75) is 44.6 Å². The summed E-state index contributed by atoms with van der Waals surface area (Å²) < 4.78 is 11.8. The maximum atomic E-state index is 12.5. The zero-order valence-electron chi connectivity index (χ0n) is 17.0. The number of nitrogens with one attached hydrogen (secondary N) is 1. The summed E-state index contributed by atoms with van der Waals surface area (Å²) in [5, 5.41) is 12.3. The minimum Gasteiger partial charge on any atom is -0.484 e. The summed E-state index contributed by atoms with van der Waals surface area (Å²) >= 11 is 0. The highest BCUT2D eigenvalue weighted by atomic mass is 16.5. The van der Waals surface area contributed by atoms with E-state index in [4.69, 9.17) is 9.15 Å². The summed E-state index contributed by atoms with van der Waals surface area (Å²) in [7, 11) is 0. The molecule has 30 heavy (non-hydrogen) atoms. The van der Waals surface area contributed by atoms with Crippen LogP contribution in [0.3, 0.4) is 0 Å². The molecule has 1 N–H and O–H groups in total. The van der Waals surface area contributed by atoms with E-state index in [1.165, 1.54) is 18.4 Å². The Kier molecular flexibility index (Phi) is 5.26. The first-order valence-electron chi connectivity index (χ1n) is 10.8. The number of hydrogen-bond donors (Lipinski definition) is 1. The summed E-state index contributed by atoms with van der Waals surface area (Å²) in [6.07, 6.45) is 8.07. The van der Waals surface area contributed by atoms with Crippen LogP contribution in [0.4, 0.5) is 5.82 Å². The Labute approximate surface area is 175 Å². The molecule has 1 aliphatic heterocycles. The fourth-order valence-electron chi connectivity index (χ4n) is 4.51. The molecule has 0 saturated carbocycles. The number of aromatic nitrogens is 2. The van der Waals surface area contributed by atoms with Gasteiger partial charge in [0.15, 0.2) is 12.4 Å². The van der Waals surface area contributed by atoms with Crippen molar-refractivity contribution in [3.63, 3.8) is 0 Å². The van der Waals surface area contributed by atoms with Gasteiger partial charge in [-0.15, -0.1) is 5.10 Å². The van der Waals surface area contributed by atoms with Crippen LogP contribution in [0.5, 0.6) is 5.75 Å². The van der Waals surface area contributed by atoms with Crippen LogP contribution in [0.25, 0.3) is 11.0 Å². The van der Waals surface area contributed by atoms with Gasteiger partial charge in [0.1, 0.15) is 17.1 Å². The van der Waals surface area contributed by atoms with Gasteiger partial charge in [-0.2, -0.15) is 5.10 Å². The summed E-state index contributed by atoms with van der Waals surface area (Å²) in [5.74, 6) is 2.56. The van der Waals surface area contributed by atoms with Gasteiger partial charge in [0, 0.05) is 42.7 Å². The van der Waals surface area contributed by atoms with E-state index in [-0.39, 0.29) is 18.6 Å². The largest absolute Gasteiger partial charge is 0.484 e. The number of anilines is 1. The number of furan rings is 1. The fourth-order valence-corrected chi connectivity index (χ4v) is 4.51. The number of ether oxygens (including phenoxy) is 1. The predicted molar refractivity (Wildman–Crippen MR) is 114 cm³/mol. The molecule has 2 aromatic heterocycles. The number of aryl methyl sites for hydroxylation is 2. The van der Waals surface area contributed by atoms with E-state index in [2.05, 4.69) is 20.4 Å². The molecular weight excluding hydrogens is 380 g/mol. The first-order valence-corrected chi connectivity index (χ1v) is 10.8. The summed E-state index contributed by atoms with van der Waals surface area (Å²) in [6, 6.07) is 9.74. The topological polar surface area (TPSA) is 80.5 Å². The Morgan fingerprint density at radius 1 is 1.23 bits per heavy atom. The van der Waals surface area contributed by atoms with E-state index in [1.54, 1.807) is 6.20 Å². The minimum absolute atomic E-state index is 0.00713. The van der Waals surface area contributed by atoms with Crippen molar-refractivity contribution in [2.24, 2.45) is 0 Å². The number of amides is 1. The van der Waals surface area contributed by atoms with E-state index in [0.717, 1.165) is 61.3 Å². The Hall–Kier alpha value is -3.09. The molecule has 1 saturated heterocycles. The minimum atomic E-state index is -0.102. The summed E-state index contributed by atoms with van der Waals surface area (Å²) in [6.45, 7) is 1.67. The number of carbonyl (C=O) groups excluding carboxylic acids is 1. The third-order valence-corrected chi connectivity index (χ3v) is 5.97. The Balaban J connectivity index is 1.18. The Bertz CT molecular complexity index is 1030. The molecule has 3 heterocycles. The third-order valence-electron chi connectivity index (χ3n) is 5.97. The molecule has 0 bridgehead atoms. The molecule has 5 rings (SSSR count). The van der Waals surface area contributed by atoms with Crippen LogP contribution in [0, 0.1) is 0 Å². The lowest BCUT2D eigenvalue weighted by Gasteiger charge is -2.33. The SMILES string of the molecule is O=C(COc1ccc2oc3c(c2c1)CCCC3)NC1CCCN(c2cccnn2)C1. The van der Waals surface area contributed by atoms with Crippen LogP contribution in [-0.4, -0.2) is 41.8 Å². The van der Waals surface area contributed by atoms with Crippen LogP contribution >= 0.6 is 0 Å². The van der Waals surface area contributed by atoms with Crippen molar-refractivity contribution in [1.29, 1.82) is 0 Å². The van der Waals surface area contributed by atoms with Gasteiger partial charge in [-0.3, -0.25) is 4.79 Å². The molecule has 1 atom stereocenters. The van der Waals surface area contributed by atoms with Crippen LogP contribution in [0.15, 0.2) is 40.9 Å². The van der Waals surface area contributed by atoms with E-state index >= 15 is 0 Å². The lowest BCUT2D eigenvalue weighted by Crippen LogP contribution is -2.49. The van der Waals surface area contributed by atoms with E-state index in [1.807, 2.05) is 30.3 Å². The van der Waals surface area contributed by atoms with Crippen molar-refractivity contribution in [2.75, 3.05) is 24.6 Å². The summed E-state index contributed by atoms with van der Waals surface area (Å²) in [5.41, 5.74) is 2.21. The summed E-state index contributed by atoms with van der Waals surface area (Å²) in [4.78, 5) is 14.6. The Morgan fingerprint density at radius 2 is 2.17 bits per heavy atom. The van der Waals surface area contributed by atoms with Gasteiger partial charge in [0.25, 0.3) is 5.91 Å². The number of piperidine rings is 1. The molecule has 1 aliphatic carbocycles. The van der Waals surface area contributed by atoms with Crippen molar-refractivity contribution in [3.05, 3.63) is 47.9 Å². The molecule has 2 aliphatic rings. The molecule has 1 unspecified atom stereocenters. The third kappa shape index (κ3) is 3.97. The lowest BCUT2D eigenvalue weighted by molar-refractivity contribution is -0.123. The van der Waals surface area contributed by atoms with Crippen molar-refractivity contribution >= 4 is 22.7 Å². The molecule has 1 amide bonds. The average molecular weight is 406 g/mol. The van der Waals surface area contributed by atoms with Gasteiger partial charge < -0.3 is 19.4 Å². The predicted octanol–water partition coefficient (Wildman–Crippen LogP) is 3.27. The maximum Gasteiger partial charge on any atom is 0.258 e. The smallest absolute Gasteiger partial charge is 0.258 e. The molecule has 1 fully saturated rings. The fraction of sp³-hybridized carbons (Fsp3) is 0.435. The number of hydrogen-bond acceptors (Lipinski definition) is 6. The van der Waals surface area contributed by atoms with Crippen molar-refractivity contribution < 1.29 is 13.9 Å². The highest BCUT2D eigenvalue weighted by Crippen LogP contribution is 2.33. The molecule has 0 spiro atoms. The standard InChI is InChI=1S/C23H26N4O3/c28-23(25-16-5-4-12-27(14-16)22-8-3-11-24-26-22)15-29-17-9-10-21-19(13-17)18-6-1-2-7-20(18)30-21/h3,8-11,13,16H,1-2,4-7,12,14-15H2,(H,25,28). The quantitative estimate of drug-likeness (QED) is 0.701. The van der Waals surface area contributed by atoms with Gasteiger partial charge in [0.05, 0.1) is 0 Å². The number of fused-ring (bicyclic) bond motifs is 3. The first kappa shape index (κ1) is 18.9.